The molecule has 5 nitrogen and oxygen atoms in total. The van der Waals surface area contributed by atoms with Gasteiger partial charge in [0.1, 0.15) is 9.23 Å². The van der Waals surface area contributed by atoms with E-state index >= 15 is 0 Å². The second-order valence-corrected chi connectivity index (χ2v) is 8.32. The van der Waals surface area contributed by atoms with Crippen molar-refractivity contribution >= 4 is 50.5 Å². The van der Waals surface area contributed by atoms with Crippen molar-refractivity contribution < 1.29 is 18.3 Å². The Hall–Kier alpha value is -0.340. The van der Waals surface area contributed by atoms with E-state index in [0.717, 1.165) is 24.2 Å². The molecule has 2 rings (SSSR count). The molecule has 106 valence electrons. The molecule has 19 heavy (non-hydrogen) atoms. The molecular weight excluding hydrogens is 333 g/mol. The zero-order chi connectivity index (χ0) is 14.2. The Morgan fingerprint density at radius 3 is 2.58 bits per heavy atom. The van der Waals surface area contributed by atoms with Gasteiger partial charge in [0.25, 0.3) is 0 Å². The highest BCUT2D eigenvalue weighted by molar-refractivity contribution is 7.89. The number of hydrogen-bond donors (Lipinski definition) is 2. The molecule has 1 heterocycles. The molecule has 1 atom stereocenters. The normalized spacial score (nSPS) is 17.4. The van der Waals surface area contributed by atoms with Gasteiger partial charge >= 0.3 is 5.97 Å². The van der Waals surface area contributed by atoms with Gasteiger partial charge in [-0.3, -0.25) is 4.79 Å². The summed E-state index contributed by atoms with van der Waals surface area (Å²) >= 11 is 12.5. The van der Waals surface area contributed by atoms with Crippen molar-refractivity contribution in [1.29, 1.82) is 0 Å². The summed E-state index contributed by atoms with van der Waals surface area (Å²) in [4.78, 5) is 10.7. The third-order valence-corrected chi connectivity index (χ3v) is 6.05. The molecule has 0 aliphatic heterocycles. The molecule has 9 heteroatoms. The minimum atomic E-state index is -3.84. The predicted octanol–water partition coefficient (Wildman–Crippen LogP) is 2.59. The lowest BCUT2D eigenvalue weighted by Crippen LogP contribution is -2.38. The smallest absolute Gasteiger partial charge is 0.304 e. The van der Waals surface area contributed by atoms with Crippen LogP contribution in [-0.2, 0) is 14.8 Å². The third kappa shape index (κ3) is 3.82. The van der Waals surface area contributed by atoms with Gasteiger partial charge in [-0.25, -0.2) is 13.1 Å². The van der Waals surface area contributed by atoms with Crippen LogP contribution in [0.4, 0.5) is 0 Å². The monoisotopic (exact) mass is 343 g/mol. The van der Waals surface area contributed by atoms with E-state index in [1.807, 2.05) is 0 Å². The number of rotatable bonds is 6. The highest BCUT2D eigenvalue weighted by atomic mass is 35.5. The molecule has 1 aliphatic carbocycles. The molecule has 1 aliphatic rings. The molecule has 1 aromatic rings. The number of carboxylic acid groups (broad SMARTS) is 1. The predicted molar refractivity (Wildman–Crippen MR) is 73.4 cm³/mol. The molecule has 1 saturated carbocycles. The molecule has 1 fully saturated rings. The van der Waals surface area contributed by atoms with Gasteiger partial charge in [0.05, 0.1) is 10.8 Å². The Labute approximate surface area is 124 Å². The summed E-state index contributed by atoms with van der Waals surface area (Å²) in [5, 5.41) is 8.81. The molecule has 0 aromatic carbocycles. The number of hydrogen-bond acceptors (Lipinski definition) is 4. The standard InChI is InChI=1S/C10H11Cl2NO4S2/c11-8-4-7(10(12)18-8)19(16,17)13-6(3-9(14)15)5-1-2-5/h4-6,13H,1-3H2,(H,14,15). The van der Waals surface area contributed by atoms with E-state index in [4.69, 9.17) is 28.3 Å². The Morgan fingerprint density at radius 1 is 1.53 bits per heavy atom. The highest BCUT2D eigenvalue weighted by Gasteiger charge is 2.36. The number of aliphatic carboxylic acids is 1. The van der Waals surface area contributed by atoms with Crippen molar-refractivity contribution in [3.8, 4) is 0 Å². The van der Waals surface area contributed by atoms with Gasteiger partial charge in [0, 0.05) is 6.04 Å². The fourth-order valence-electron chi connectivity index (χ4n) is 1.76. The fourth-order valence-corrected chi connectivity index (χ4v) is 5.22. The minimum Gasteiger partial charge on any atom is -0.481 e. The summed E-state index contributed by atoms with van der Waals surface area (Å²) in [6.07, 6.45) is 1.43. The van der Waals surface area contributed by atoms with Crippen molar-refractivity contribution in [3.05, 3.63) is 14.7 Å². The Morgan fingerprint density at radius 2 is 2.16 bits per heavy atom. The molecule has 0 bridgehead atoms. The summed E-state index contributed by atoms with van der Waals surface area (Å²) in [5.74, 6) is -0.951. The summed E-state index contributed by atoms with van der Waals surface area (Å²) in [6, 6.07) is 0.666. The third-order valence-electron chi connectivity index (χ3n) is 2.81. The van der Waals surface area contributed by atoms with Gasteiger partial charge in [-0.15, -0.1) is 11.3 Å². The minimum absolute atomic E-state index is 0.0716. The van der Waals surface area contributed by atoms with Crippen LogP contribution < -0.4 is 4.72 Å². The van der Waals surface area contributed by atoms with Crippen LogP contribution in [0.2, 0.25) is 8.67 Å². The molecule has 1 aromatic heterocycles. The highest BCUT2D eigenvalue weighted by Crippen LogP contribution is 2.37. The first-order valence-corrected chi connectivity index (χ1v) is 8.54. The van der Waals surface area contributed by atoms with Gasteiger partial charge in [0.2, 0.25) is 10.0 Å². The lowest BCUT2D eigenvalue weighted by molar-refractivity contribution is -0.137. The van der Waals surface area contributed by atoms with Crippen LogP contribution in [0.25, 0.3) is 0 Å². The number of sulfonamides is 1. The van der Waals surface area contributed by atoms with Crippen LogP contribution in [0, 0.1) is 5.92 Å². The van der Waals surface area contributed by atoms with Crippen molar-refractivity contribution in [1.82, 2.24) is 4.72 Å². The molecule has 0 spiro atoms. The van der Waals surface area contributed by atoms with Crippen LogP contribution in [0.15, 0.2) is 11.0 Å². The second-order valence-electron chi connectivity index (χ2n) is 4.35. The van der Waals surface area contributed by atoms with E-state index in [1.165, 1.54) is 6.07 Å². The summed E-state index contributed by atoms with van der Waals surface area (Å²) in [6.45, 7) is 0. The SMILES string of the molecule is O=C(O)CC(NS(=O)(=O)c1cc(Cl)sc1Cl)C1CC1. The van der Waals surface area contributed by atoms with Gasteiger partial charge in [-0.1, -0.05) is 23.2 Å². The Balaban J connectivity index is 2.19. The average molecular weight is 344 g/mol. The van der Waals surface area contributed by atoms with E-state index in [-0.39, 0.29) is 25.9 Å². The van der Waals surface area contributed by atoms with E-state index in [9.17, 15) is 13.2 Å². The van der Waals surface area contributed by atoms with E-state index in [2.05, 4.69) is 4.72 Å². The number of nitrogens with one attached hydrogen (secondary N) is 1. The van der Waals surface area contributed by atoms with Crippen molar-refractivity contribution in [3.63, 3.8) is 0 Å². The van der Waals surface area contributed by atoms with Crippen LogP contribution in [0.3, 0.4) is 0 Å². The van der Waals surface area contributed by atoms with Crippen LogP contribution in [0.1, 0.15) is 19.3 Å². The molecule has 0 radical (unpaired) electrons. The largest absolute Gasteiger partial charge is 0.481 e. The molecule has 1 unspecified atom stereocenters. The lowest BCUT2D eigenvalue weighted by Gasteiger charge is -2.15. The first-order valence-electron chi connectivity index (χ1n) is 5.48. The van der Waals surface area contributed by atoms with Crippen LogP contribution in [-0.4, -0.2) is 25.5 Å². The molecule has 0 saturated heterocycles. The van der Waals surface area contributed by atoms with Crippen LogP contribution in [0.5, 0.6) is 0 Å². The van der Waals surface area contributed by atoms with Crippen molar-refractivity contribution in [2.75, 3.05) is 0 Å². The quantitative estimate of drug-likeness (QED) is 0.831. The zero-order valence-electron chi connectivity index (χ0n) is 9.60. The van der Waals surface area contributed by atoms with Gasteiger partial charge < -0.3 is 5.11 Å². The van der Waals surface area contributed by atoms with Crippen molar-refractivity contribution in [2.45, 2.75) is 30.2 Å². The topological polar surface area (TPSA) is 83.5 Å². The van der Waals surface area contributed by atoms with E-state index in [1.54, 1.807) is 0 Å². The number of carbonyl (C=O) groups is 1. The maximum Gasteiger partial charge on any atom is 0.304 e. The zero-order valence-corrected chi connectivity index (χ0v) is 12.7. The number of carboxylic acids is 1. The van der Waals surface area contributed by atoms with Crippen molar-refractivity contribution in [2.24, 2.45) is 5.92 Å². The number of thiophene rings is 1. The van der Waals surface area contributed by atoms with Gasteiger partial charge in [-0.05, 0) is 24.8 Å². The van der Waals surface area contributed by atoms with Crippen LogP contribution >= 0.6 is 34.5 Å². The summed E-state index contributed by atoms with van der Waals surface area (Å²) in [5.41, 5.74) is 0. The number of halogens is 2. The average Bonchev–Trinajstić information content (AvgIpc) is 3.02. The van der Waals surface area contributed by atoms with Gasteiger partial charge in [-0.2, -0.15) is 0 Å². The first-order chi connectivity index (χ1) is 8.79. The molecule has 2 N–H and O–H groups in total. The molecular formula is C10H11Cl2NO4S2. The molecule has 0 amide bonds. The lowest BCUT2D eigenvalue weighted by atomic mass is 10.1. The summed E-state index contributed by atoms with van der Waals surface area (Å²) in [7, 11) is -3.84. The Kier molecular flexibility index (Phi) is 4.42. The fraction of sp³-hybridized carbons (Fsp3) is 0.500. The maximum atomic E-state index is 12.2. The van der Waals surface area contributed by atoms with E-state index < -0.39 is 22.0 Å². The van der Waals surface area contributed by atoms with E-state index in [0.29, 0.717) is 0 Å². The second kappa shape index (κ2) is 5.57. The summed E-state index contributed by atoms with van der Waals surface area (Å²) < 4.78 is 27.1. The Bertz CT molecular complexity index is 595. The first kappa shape index (κ1) is 15.1. The van der Waals surface area contributed by atoms with Gasteiger partial charge in [0.15, 0.2) is 0 Å². The maximum absolute atomic E-state index is 12.2.